The minimum absolute atomic E-state index is 0.00227. The lowest BCUT2D eigenvalue weighted by molar-refractivity contribution is 0.0535. The summed E-state index contributed by atoms with van der Waals surface area (Å²) in [4.78, 5) is 36.3. The molecule has 1 fully saturated rings. The van der Waals surface area contributed by atoms with E-state index in [1.807, 2.05) is 66.1 Å². The molecule has 3 heterocycles. The van der Waals surface area contributed by atoms with Crippen LogP contribution < -0.4 is 4.90 Å². The summed E-state index contributed by atoms with van der Waals surface area (Å²) in [6.07, 6.45) is 3.13. The molecule has 0 unspecified atom stereocenters. The fraction of sp³-hybridized carbons (Fsp3) is 0.286. The van der Waals surface area contributed by atoms with E-state index in [4.69, 9.17) is 4.42 Å². The molecule has 0 spiro atoms. The number of amides is 2. The van der Waals surface area contributed by atoms with E-state index in [0.29, 0.717) is 67.5 Å². The average molecular weight is 482 g/mol. The Morgan fingerprint density at radius 3 is 2.39 bits per heavy atom. The molecule has 0 N–H and O–H groups in total. The van der Waals surface area contributed by atoms with Crippen molar-refractivity contribution in [3.63, 3.8) is 0 Å². The molecular formula is C28H27N5O3. The molecule has 2 amide bonds. The van der Waals surface area contributed by atoms with Gasteiger partial charge in [-0.2, -0.15) is 5.26 Å². The predicted octanol–water partition coefficient (Wildman–Crippen LogP) is 3.76. The number of benzene rings is 2. The first kappa shape index (κ1) is 23.4. The number of fused-ring (bicyclic) bond motifs is 1. The molecule has 1 aromatic heterocycles. The first-order valence-electron chi connectivity index (χ1n) is 12.0. The van der Waals surface area contributed by atoms with E-state index in [-0.39, 0.29) is 11.8 Å². The molecule has 8 nitrogen and oxygen atoms in total. The van der Waals surface area contributed by atoms with Gasteiger partial charge in [-0.1, -0.05) is 24.3 Å². The summed E-state index contributed by atoms with van der Waals surface area (Å²) in [5.74, 6) is 0.594. The van der Waals surface area contributed by atoms with Gasteiger partial charge in [0.2, 0.25) is 5.88 Å². The maximum Gasteiger partial charge on any atom is 0.254 e. The number of rotatable bonds is 4. The number of carbonyl (C=O) groups is 2. The van der Waals surface area contributed by atoms with Gasteiger partial charge >= 0.3 is 0 Å². The minimum atomic E-state index is -0.0253. The van der Waals surface area contributed by atoms with Crippen molar-refractivity contribution in [2.45, 2.75) is 20.4 Å². The highest BCUT2D eigenvalue weighted by Gasteiger charge is 2.28. The van der Waals surface area contributed by atoms with Crippen molar-refractivity contribution in [1.29, 1.82) is 5.26 Å². The van der Waals surface area contributed by atoms with Gasteiger partial charge in [-0.15, -0.1) is 0 Å². The Labute approximate surface area is 210 Å². The van der Waals surface area contributed by atoms with Gasteiger partial charge in [0.1, 0.15) is 24.6 Å². The fourth-order valence-corrected chi connectivity index (χ4v) is 4.83. The largest absolute Gasteiger partial charge is 0.447 e. The van der Waals surface area contributed by atoms with Crippen LogP contribution in [-0.4, -0.2) is 60.7 Å². The van der Waals surface area contributed by atoms with Crippen molar-refractivity contribution in [2.75, 3.05) is 37.7 Å². The number of aliphatic imine (C=N–C) groups is 1. The summed E-state index contributed by atoms with van der Waals surface area (Å²) < 4.78 is 5.68. The molecule has 0 radical (unpaired) electrons. The van der Waals surface area contributed by atoms with E-state index in [2.05, 4.69) is 11.1 Å². The summed E-state index contributed by atoms with van der Waals surface area (Å²) in [6.45, 7) is 6.93. The van der Waals surface area contributed by atoms with Crippen LogP contribution in [0.25, 0.3) is 0 Å². The van der Waals surface area contributed by atoms with Gasteiger partial charge in [0.15, 0.2) is 0 Å². The third-order valence-electron chi connectivity index (χ3n) is 6.98. The molecule has 8 heteroatoms. The number of nitrogens with zero attached hydrogens (tertiary/aromatic N) is 5. The number of aryl methyl sites for hydroxylation is 1. The number of hydrogen-bond donors (Lipinski definition) is 0. The molecule has 36 heavy (non-hydrogen) atoms. The Kier molecular flexibility index (Phi) is 6.30. The lowest BCUT2D eigenvalue weighted by Gasteiger charge is -2.35. The summed E-state index contributed by atoms with van der Waals surface area (Å²) in [5.41, 5.74) is 5.51. The van der Waals surface area contributed by atoms with Crippen LogP contribution in [0.15, 0.2) is 58.1 Å². The number of anilines is 1. The van der Waals surface area contributed by atoms with Gasteiger partial charge in [-0.05, 0) is 48.7 Å². The quantitative estimate of drug-likeness (QED) is 0.566. The van der Waals surface area contributed by atoms with Crippen molar-refractivity contribution in [3.8, 4) is 6.07 Å². The smallest absolute Gasteiger partial charge is 0.254 e. The Balaban J connectivity index is 1.31. The van der Waals surface area contributed by atoms with Gasteiger partial charge in [0.05, 0.1) is 5.56 Å². The lowest BCUT2D eigenvalue weighted by atomic mass is 9.96. The van der Waals surface area contributed by atoms with Crippen LogP contribution in [0.1, 0.15) is 48.5 Å². The number of hydrogen-bond acceptors (Lipinski definition) is 6. The van der Waals surface area contributed by atoms with E-state index >= 15 is 0 Å². The van der Waals surface area contributed by atoms with Crippen LogP contribution in [0.3, 0.4) is 0 Å². The minimum Gasteiger partial charge on any atom is -0.447 e. The summed E-state index contributed by atoms with van der Waals surface area (Å²) in [6, 6.07) is 15.2. The fourth-order valence-electron chi connectivity index (χ4n) is 4.83. The molecule has 0 aliphatic carbocycles. The standard InChI is InChI=1S/C28H27N5O3/c1-19-8-9-23(20(2)25(19)16-33-18-30-15-24-22(14-29)17-36-28(24)33)27(35)32-12-10-31(11-13-32)26(34)21-6-4-3-5-7-21/h3-9,15,17H,10-13,16,18H2,1-2H3. The number of carbonyl (C=O) groups excluding carboxylic acids is 2. The zero-order valence-corrected chi connectivity index (χ0v) is 20.4. The van der Waals surface area contributed by atoms with E-state index in [1.165, 1.54) is 6.26 Å². The van der Waals surface area contributed by atoms with Crippen molar-refractivity contribution < 1.29 is 14.0 Å². The maximum atomic E-state index is 13.5. The molecular weight excluding hydrogens is 454 g/mol. The van der Waals surface area contributed by atoms with Crippen LogP contribution in [-0.2, 0) is 6.54 Å². The molecule has 2 aliphatic heterocycles. The number of nitriles is 1. The Bertz CT molecular complexity index is 1380. The van der Waals surface area contributed by atoms with E-state index in [1.54, 1.807) is 11.1 Å². The summed E-state index contributed by atoms with van der Waals surface area (Å²) in [7, 11) is 0. The second-order valence-electron chi connectivity index (χ2n) is 9.12. The summed E-state index contributed by atoms with van der Waals surface area (Å²) >= 11 is 0. The van der Waals surface area contributed by atoms with E-state index in [0.717, 1.165) is 16.7 Å². The SMILES string of the molecule is Cc1ccc(C(=O)N2CCN(C(=O)c3ccccc3)CC2)c(C)c1CN1CN=Cc2c(C#N)coc21. The highest BCUT2D eigenvalue weighted by Crippen LogP contribution is 2.30. The lowest BCUT2D eigenvalue weighted by Crippen LogP contribution is -2.50. The molecule has 0 saturated carbocycles. The Hall–Kier alpha value is -4.38. The highest BCUT2D eigenvalue weighted by atomic mass is 16.3. The monoisotopic (exact) mass is 481 g/mol. The maximum absolute atomic E-state index is 13.5. The van der Waals surface area contributed by atoms with Crippen molar-refractivity contribution >= 4 is 23.9 Å². The van der Waals surface area contributed by atoms with Crippen molar-refractivity contribution in [2.24, 2.45) is 4.99 Å². The number of furan rings is 1. The highest BCUT2D eigenvalue weighted by molar-refractivity contribution is 5.97. The van der Waals surface area contributed by atoms with Gasteiger partial charge in [-0.3, -0.25) is 14.6 Å². The molecule has 1 saturated heterocycles. The van der Waals surface area contributed by atoms with Crippen LogP contribution in [0.2, 0.25) is 0 Å². The molecule has 0 bridgehead atoms. The number of piperazine rings is 1. The Morgan fingerprint density at radius 2 is 1.69 bits per heavy atom. The predicted molar refractivity (Wildman–Crippen MR) is 136 cm³/mol. The second kappa shape index (κ2) is 9.70. The molecule has 2 aliphatic rings. The van der Waals surface area contributed by atoms with Crippen LogP contribution in [0.4, 0.5) is 5.88 Å². The summed E-state index contributed by atoms with van der Waals surface area (Å²) in [5, 5.41) is 9.32. The average Bonchev–Trinajstić information content (AvgIpc) is 3.35. The second-order valence-corrected chi connectivity index (χ2v) is 9.12. The van der Waals surface area contributed by atoms with Gasteiger partial charge in [0.25, 0.3) is 11.8 Å². The molecule has 5 rings (SSSR count). The van der Waals surface area contributed by atoms with Crippen LogP contribution in [0.5, 0.6) is 0 Å². The third kappa shape index (κ3) is 4.24. The van der Waals surface area contributed by atoms with Gasteiger partial charge < -0.3 is 19.1 Å². The molecule has 182 valence electrons. The molecule has 2 aromatic carbocycles. The van der Waals surface area contributed by atoms with Crippen molar-refractivity contribution in [3.05, 3.63) is 87.7 Å². The zero-order chi connectivity index (χ0) is 25.2. The van der Waals surface area contributed by atoms with Crippen molar-refractivity contribution in [1.82, 2.24) is 9.80 Å². The zero-order valence-electron chi connectivity index (χ0n) is 20.4. The van der Waals surface area contributed by atoms with Gasteiger partial charge in [0, 0.05) is 50.1 Å². The normalized spacial score (nSPS) is 15.0. The first-order chi connectivity index (χ1) is 17.5. The third-order valence-corrected chi connectivity index (χ3v) is 6.98. The Morgan fingerprint density at radius 1 is 1.00 bits per heavy atom. The topological polar surface area (TPSA) is 93.2 Å². The first-order valence-corrected chi connectivity index (χ1v) is 12.0. The van der Waals surface area contributed by atoms with E-state index in [9.17, 15) is 14.9 Å². The molecule has 0 atom stereocenters. The molecule has 3 aromatic rings. The van der Waals surface area contributed by atoms with Gasteiger partial charge in [-0.25, -0.2) is 0 Å². The van der Waals surface area contributed by atoms with E-state index < -0.39 is 0 Å². The van der Waals surface area contributed by atoms with Crippen LogP contribution in [0, 0.1) is 25.2 Å². The van der Waals surface area contributed by atoms with Crippen LogP contribution >= 0.6 is 0 Å².